The predicted molar refractivity (Wildman–Crippen MR) is 55.0 cm³/mol. The van der Waals surface area contributed by atoms with Crippen LogP contribution in [0, 0.1) is 0 Å². The van der Waals surface area contributed by atoms with Gasteiger partial charge in [0.1, 0.15) is 18.0 Å². The van der Waals surface area contributed by atoms with E-state index in [1.54, 1.807) is 12.4 Å². The Bertz CT molecular complexity index is 283. The van der Waals surface area contributed by atoms with Gasteiger partial charge < -0.3 is 10.2 Å². The number of anilines is 2. The Morgan fingerprint density at radius 1 is 1.54 bits per heavy atom. The minimum absolute atomic E-state index is 0.712. The zero-order valence-corrected chi connectivity index (χ0v) is 7.99. The lowest BCUT2D eigenvalue weighted by Gasteiger charge is -2.11. The molecule has 1 aromatic heterocycles. The first kappa shape index (κ1) is 9.51. The van der Waals surface area contributed by atoms with Crippen molar-refractivity contribution in [2.75, 3.05) is 30.9 Å². The molecule has 4 heteroatoms. The van der Waals surface area contributed by atoms with E-state index in [0.29, 0.717) is 6.54 Å². The molecule has 0 amide bonds. The second-order valence-electron chi connectivity index (χ2n) is 2.83. The Balaban J connectivity index is 2.73. The highest BCUT2D eigenvalue weighted by Crippen LogP contribution is 2.10. The molecule has 4 nitrogen and oxygen atoms in total. The van der Waals surface area contributed by atoms with E-state index < -0.39 is 0 Å². The summed E-state index contributed by atoms with van der Waals surface area (Å²) in [6, 6.07) is 1.89. The quantitative estimate of drug-likeness (QED) is 0.702. The molecule has 0 saturated heterocycles. The van der Waals surface area contributed by atoms with Gasteiger partial charge in [-0.1, -0.05) is 6.08 Å². The second kappa shape index (κ2) is 4.45. The highest BCUT2D eigenvalue weighted by atomic mass is 15.2. The maximum absolute atomic E-state index is 4.10. The van der Waals surface area contributed by atoms with Crippen molar-refractivity contribution in [3.05, 3.63) is 25.0 Å². The normalized spacial score (nSPS) is 9.38. The van der Waals surface area contributed by atoms with Gasteiger partial charge in [-0.25, -0.2) is 9.97 Å². The van der Waals surface area contributed by atoms with Crippen molar-refractivity contribution in [2.24, 2.45) is 0 Å². The van der Waals surface area contributed by atoms with Crippen LogP contribution in [-0.4, -0.2) is 30.6 Å². The van der Waals surface area contributed by atoms with E-state index in [-0.39, 0.29) is 0 Å². The van der Waals surface area contributed by atoms with Crippen molar-refractivity contribution in [1.29, 1.82) is 0 Å². The molecule has 0 unspecified atom stereocenters. The topological polar surface area (TPSA) is 41.0 Å². The van der Waals surface area contributed by atoms with Crippen molar-refractivity contribution < 1.29 is 0 Å². The molecular weight excluding hydrogens is 164 g/mol. The summed E-state index contributed by atoms with van der Waals surface area (Å²) < 4.78 is 0. The summed E-state index contributed by atoms with van der Waals surface area (Å²) in [5, 5.41) is 3.09. The number of aromatic nitrogens is 2. The third kappa shape index (κ3) is 2.74. The smallest absolute Gasteiger partial charge is 0.133 e. The lowest BCUT2D eigenvalue weighted by atomic mass is 10.5. The standard InChI is InChI=1S/C9H14N4/c1-4-5-10-8-6-9(13(2)3)12-7-11-8/h4,6-7H,1,5H2,2-3H3,(H,10,11,12). The number of hydrogen-bond acceptors (Lipinski definition) is 4. The average Bonchev–Trinajstić information content (AvgIpc) is 2.15. The minimum atomic E-state index is 0.712. The summed E-state index contributed by atoms with van der Waals surface area (Å²) in [5.74, 6) is 1.71. The molecule has 0 aliphatic heterocycles. The van der Waals surface area contributed by atoms with Crippen molar-refractivity contribution >= 4 is 11.6 Å². The molecule has 0 atom stereocenters. The van der Waals surface area contributed by atoms with E-state index >= 15 is 0 Å². The van der Waals surface area contributed by atoms with E-state index in [1.165, 1.54) is 0 Å². The van der Waals surface area contributed by atoms with Crippen LogP contribution in [0.3, 0.4) is 0 Å². The van der Waals surface area contributed by atoms with E-state index in [0.717, 1.165) is 11.6 Å². The molecule has 0 spiro atoms. The number of nitrogens with zero attached hydrogens (tertiary/aromatic N) is 3. The maximum Gasteiger partial charge on any atom is 0.133 e. The molecule has 0 aromatic carbocycles. The summed E-state index contributed by atoms with van der Waals surface area (Å²) >= 11 is 0. The molecule has 1 N–H and O–H groups in total. The van der Waals surface area contributed by atoms with Gasteiger partial charge in [-0.15, -0.1) is 6.58 Å². The maximum atomic E-state index is 4.10. The second-order valence-corrected chi connectivity index (χ2v) is 2.83. The van der Waals surface area contributed by atoms with Gasteiger partial charge in [0.2, 0.25) is 0 Å². The monoisotopic (exact) mass is 178 g/mol. The van der Waals surface area contributed by atoms with Gasteiger partial charge in [-0.2, -0.15) is 0 Å². The summed E-state index contributed by atoms with van der Waals surface area (Å²) in [6.45, 7) is 4.33. The first-order chi connectivity index (χ1) is 6.24. The Kier molecular flexibility index (Phi) is 3.25. The Morgan fingerprint density at radius 3 is 2.92 bits per heavy atom. The van der Waals surface area contributed by atoms with E-state index in [1.807, 2.05) is 25.1 Å². The van der Waals surface area contributed by atoms with Gasteiger partial charge in [0.25, 0.3) is 0 Å². The van der Waals surface area contributed by atoms with Crippen LogP contribution in [-0.2, 0) is 0 Å². The molecule has 0 radical (unpaired) electrons. The number of nitrogens with one attached hydrogen (secondary N) is 1. The van der Waals surface area contributed by atoms with Gasteiger partial charge >= 0.3 is 0 Å². The average molecular weight is 178 g/mol. The first-order valence-corrected chi connectivity index (χ1v) is 4.08. The van der Waals surface area contributed by atoms with E-state index in [2.05, 4.69) is 21.9 Å². The van der Waals surface area contributed by atoms with Crippen LogP contribution in [0.5, 0.6) is 0 Å². The largest absolute Gasteiger partial charge is 0.366 e. The zero-order chi connectivity index (χ0) is 9.68. The fourth-order valence-corrected chi connectivity index (χ4v) is 0.865. The van der Waals surface area contributed by atoms with Gasteiger partial charge in [-0.3, -0.25) is 0 Å². The SMILES string of the molecule is C=CCNc1cc(N(C)C)ncn1. The van der Waals surface area contributed by atoms with Crippen LogP contribution in [0.15, 0.2) is 25.0 Å². The van der Waals surface area contributed by atoms with Gasteiger partial charge in [0.15, 0.2) is 0 Å². The molecule has 0 fully saturated rings. The number of hydrogen-bond donors (Lipinski definition) is 1. The lowest BCUT2D eigenvalue weighted by molar-refractivity contribution is 1.03. The van der Waals surface area contributed by atoms with Crippen LogP contribution < -0.4 is 10.2 Å². The summed E-state index contributed by atoms with van der Waals surface area (Å²) in [6.07, 6.45) is 3.33. The highest BCUT2D eigenvalue weighted by Gasteiger charge is 1.98. The lowest BCUT2D eigenvalue weighted by Crippen LogP contribution is -2.11. The van der Waals surface area contributed by atoms with Crippen molar-refractivity contribution in [2.45, 2.75) is 0 Å². The van der Waals surface area contributed by atoms with E-state index in [9.17, 15) is 0 Å². The molecule has 0 saturated carbocycles. The van der Waals surface area contributed by atoms with Gasteiger partial charge in [-0.05, 0) is 0 Å². The van der Waals surface area contributed by atoms with Crippen molar-refractivity contribution in [3.63, 3.8) is 0 Å². The Labute approximate surface area is 78.3 Å². The Morgan fingerprint density at radius 2 is 2.31 bits per heavy atom. The molecule has 1 heterocycles. The molecule has 13 heavy (non-hydrogen) atoms. The first-order valence-electron chi connectivity index (χ1n) is 4.08. The fraction of sp³-hybridized carbons (Fsp3) is 0.333. The van der Waals surface area contributed by atoms with E-state index in [4.69, 9.17) is 0 Å². The molecule has 1 aromatic rings. The molecule has 0 aliphatic carbocycles. The highest BCUT2D eigenvalue weighted by molar-refractivity contribution is 5.47. The molecule has 0 aliphatic rings. The Hall–Kier alpha value is -1.58. The number of rotatable bonds is 4. The summed E-state index contributed by atoms with van der Waals surface area (Å²) in [5.41, 5.74) is 0. The predicted octanol–water partition coefficient (Wildman–Crippen LogP) is 1.14. The zero-order valence-electron chi connectivity index (χ0n) is 7.99. The third-order valence-corrected chi connectivity index (χ3v) is 1.54. The van der Waals surface area contributed by atoms with Crippen molar-refractivity contribution in [3.8, 4) is 0 Å². The van der Waals surface area contributed by atoms with Gasteiger partial charge in [0, 0.05) is 26.7 Å². The molecule has 70 valence electrons. The van der Waals surface area contributed by atoms with Crippen LogP contribution in [0.1, 0.15) is 0 Å². The minimum Gasteiger partial charge on any atom is -0.366 e. The molecular formula is C9H14N4. The third-order valence-electron chi connectivity index (χ3n) is 1.54. The van der Waals surface area contributed by atoms with Crippen molar-refractivity contribution in [1.82, 2.24) is 9.97 Å². The summed E-state index contributed by atoms with van der Waals surface area (Å²) in [4.78, 5) is 10.1. The summed E-state index contributed by atoms with van der Waals surface area (Å²) in [7, 11) is 3.89. The molecule has 0 bridgehead atoms. The fourth-order valence-electron chi connectivity index (χ4n) is 0.865. The van der Waals surface area contributed by atoms with Crippen LogP contribution in [0.2, 0.25) is 0 Å². The van der Waals surface area contributed by atoms with Crippen LogP contribution in [0.25, 0.3) is 0 Å². The molecule has 1 rings (SSSR count). The van der Waals surface area contributed by atoms with Crippen LogP contribution >= 0.6 is 0 Å². The van der Waals surface area contributed by atoms with Crippen LogP contribution in [0.4, 0.5) is 11.6 Å². The van der Waals surface area contributed by atoms with Gasteiger partial charge in [0.05, 0.1) is 0 Å².